The Bertz CT molecular complexity index is 930. The Morgan fingerprint density at radius 2 is 0.917 bits per heavy atom. The molecule has 356 valence electrons. The molecule has 0 amide bonds. The number of hydrogen-bond acceptors (Lipinski definition) is 9. The number of esters is 1. The van der Waals surface area contributed by atoms with E-state index in [1.165, 1.54) is 180 Å². The van der Waals surface area contributed by atoms with Crippen molar-refractivity contribution >= 4 is 5.97 Å². The van der Waals surface area contributed by atoms with Gasteiger partial charge in [0, 0.05) is 13.0 Å². The molecule has 1 heterocycles. The van der Waals surface area contributed by atoms with Gasteiger partial charge in [-0.25, -0.2) is 0 Å². The van der Waals surface area contributed by atoms with Gasteiger partial charge in [0.15, 0.2) is 6.29 Å². The number of carbonyl (C=O) groups is 1. The summed E-state index contributed by atoms with van der Waals surface area (Å²) in [6.45, 7) is 4.57. The minimum Gasteiger partial charge on any atom is -0.457 e. The summed E-state index contributed by atoms with van der Waals surface area (Å²) in [6, 6.07) is 0. The van der Waals surface area contributed by atoms with Crippen LogP contribution >= 0.6 is 0 Å². The van der Waals surface area contributed by atoms with Crippen LogP contribution in [0.3, 0.4) is 0 Å². The monoisotopic (exact) mass is 855 g/mol. The summed E-state index contributed by atoms with van der Waals surface area (Å²) in [6.07, 6.45) is 42.6. The van der Waals surface area contributed by atoms with Crippen LogP contribution in [0.2, 0.25) is 0 Å². The van der Waals surface area contributed by atoms with Crippen LogP contribution in [0.1, 0.15) is 245 Å². The Balaban J connectivity index is 2.12. The standard InChI is InChI=1S/C51H98O9/c1-3-5-7-9-11-13-15-17-18-19-20-21-22-23-24-25-26-27-28-29-31-33-35-37-39-41-57-43-45(44-58-51-50(56)49(55)48(54)46(42-52)60-51)59-47(53)40-38-36-34-32-30-16-14-12-10-8-6-4-2/h12,14,45-46,48-52,54-56H,3-11,13,15-44H2,1-2H3/b14-12-. The van der Waals surface area contributed by atoms with Gasteiger partial charge in [-0.05, 0) is 38.5 Å². The largest absolute Gasteiger partial charge is 0.457 e. The average Bonchev–Trinajstić information content (AvgIpc) is 3.25. The number of carbonyl (C=O) groups excluding carboxylic acids is 1. The molecule has 9 nitrogen and oxygen atoms in total. The van der Waals surface area contributed by atoms with Crippen LogP contribution in [0, 0.1) is 0 Å². The molecule has 1 fully saturated rings. The van der Waals surface area contributed by atoms with Gasteiger partial charge < -0.3 is 39.4 Å². The van der Waals surface area contributed by atoms with Gasteiger partial charge in [-0.1, -0.05) is 212 Å². The topological polar surface area (TPSA) is 135 Å². The summed E-state index contributed by atoms with van der Waals surface area (Å²) in [4.78, 5) is 12.8. The number of unbranched alkanes of at least 4 members (excludes halogenated alkanes) is 32. The molecule has 0 aromatic heterocycles. The van der Waals surface area contributed by atoms with Crippen LogP contribution in [-0.4, -0.2) is 89.6 Å². The molecular formula is C51H98O9. The van der Waals surface area contributed by atoms with Crippen LogP contribution in [0.15, 0.2) is 12.2 Å². The van der Waals surface area contributed by atoms with Gasteiger partial charge in [-0.15, -0.1) is 0 Å². The first-order valence-corrected chi connectivity index (χ1v) is 25.8. The summed E-state index contributed by atoms with van der Waals surface area (Å²) in [7, 11) is 0. The zero-order chi connectivity index (χ0) is 43.6. The fraction of sp³-hybridized carbons (Fsp3) is 0.941. The van der Waals surface area contributed by atoms with Gasteiger partial charge in [-0.2, -0.15) is 0 Å². The van der Waals surface area contributed by atoms with Crippen LogP contribution in [-0.2, 0) is 23.7 Å². The van der Waals surface area contributed by atoms with Gasteiger partial charge in [0.2, 0.25) is 0 Å². The maximum absolute atomic E-state index is 12.8. The van der Waals surface area contributed by atoms with Gasteiger partial charge in [0.25, 0.3) is 0 Å². The highest BCUT2D eigenvalue weighted by atomic mass is 16.7. The zero-order valence-electron chi connectivity index (χ0n) is 39.2. The van der Waals surface area contributed by atoms with Crippen molar-refractivity contribution in [2.45, 2.75) is 282 Å². The van der Waals surface area contributed by atoms with Crippen molar-refractivity contribution in [1.29, 1.82) is 0 Å². The van der Waals surface area contributed by atoms with E-state index in [1.54, 1.807) is 0 Å². The van der Waals surface area contributed by atoms with Crippen LogP contribution in [0.4, 0.5) is 0 Å². The van der Waals surface area contributed by atoms with E-state index < -0.39 is 43.4 Å². The smallest absolute Gasteiger partial charge is 0.306 e. The Labute approximate surface area is 369 Å². The maximum Gasteiger partial charge on any atom is 0.306 e. The number of aliphatic hydroxyl groups excluding tert-OH is 4. The van der Waals surface area contributed by atoms with Crippen LogP contribution in [0.5, 0.6) is 0 Å². The van der Waals surface area contributed by atoms with Crippen molar-refractivity contribution in [1.82, 2.24) is 0 Å². The predicted octanol–water partition coefficient (Wildman–Crippen LogP) is 12.4. The lowest BCUT2D eigenvalue weighted by molar-refractivity contribution is -0.305. The van der Waals surface area contributed by atoms with E-state index in [4.69, 9.17) is 18.9 Å². The number of rotatable bonds is 45. The van der Waals surface area contributed by atoms with Gasteiger partial charge >= 0.3 is 5.97 Å². The SMILES string of the molecule is CCCCC/C=C\CCCCCCCC(=O)OC(COCCCCCCCCCCCCCCCCCCCCCCCCCCC)COC1OC(CO)C(O)C(O)C1O. The highest BCUT2D eigenvalue weighted by Crippen LogP contribution is 2.23. The average molecular weight is 855 g/mol. The quantitative estimate of drug-likeness (QED) is 0.0268. The Hall–Kier alpha value is -1.07. The van der Waals surface area contributed by atoms with Crippen LogP contribution < -0.4 is 0 Å². The van der Waals surface area contributed by atoms with Crippen molar-refractivity contribution in [3.05, 3.63) is 12.2 Å². The van der Waals surface area contributed by atoms with Crippen molar-refractivity contribution in [3.63, 3.8) is 0 Å². The first kappa shape index (κ1) is 56.9. The van der Waals surface area contributed by atoms with Crippen LogP contribution in [0.25, 0.3) is 0 Å². The highest BCUT2D eigenvalue weighted by Gasteiger charge is 2.44. The molecule has 0 radical (unpaired) electrons. The number of allylic oxidation sites excluding steroid dienone is 2. The Kier molecular flexibility index (Phi) is 41.0. The lowest BCUT2D eigenvalue weighted by Gasteiger charge is -2.39. The van der Waals surface area contributed by atoms with E-state index in [2.05, 4.69) is 26.0 Å². The molecule has 1 aliphatic heterocycles. The van der Waals surface area contributed by atoms with E-state index in [9.17, 15) is 25.2 Å². The molecule has 0 spiro atoms. The van der Waals surface area contributed by atoms with E-state index in [-0.39, 0.29) is 19.2 Å². The molecule has 1 saturated heterocycles. The maximum atomic E-state index is 12.8. The molecule has 60 heavy (non-hydrogen) atoms. The second kappa shape index (κ2) is 43.2. The van der Waals surface area contributed by atoms with Gasteiger partial charge in [0.05, 0.1) is 19.8 Å². The lowest BCUT2D eigenvalue weighted by Crippen LogP contribution is -2.59. The summed E-state index contributed by atoms with van der Waals surface area (Å²) < 4.78 is 22.9. The molecule has 1 aliphatic rings. The molecule has 6 unspecified atom stereocenters. The van der Waals surface area contributed by atoms with E-state index in [1.807, 2.05) is 0 Å². The normalized spacial score (nSPS) is 20.0. The van der Waals surface area contributed by atoms with Crippen molar-refractivity contribution in [3.8, 4) is 0 Å². The minimum absolute atomic E-state index is 0.111. The second-order valence-electron chi connectivity index (χ2n) is 18.0. The van der Waals surface area contributed by atoms with E-state index >= 15 is 0 Å². The first-order chi connectivity index (χ1) is 29.4. The molecule has 0 aliphatic carbocycles. The number of ether oxygens (including phenoxy) is 4. The molecule has 0 saturated carbocycles. The highest BCUT2D eigenvalue weighted by molar-refractivity contribution is 5.69. The Morgan fingerprint density at radius 3 is 1.38 bits per heavy atom. The zero-order valence-corrected chi connectivity index (χ0v) is 39.2. The summed E-state index contributed by atoms with van der Waals surface area (Å²) in [5, 5.41) is 40.2. The third-order valence-corrected chi connectivity index (χ3v) is 12.2. The molecule has 9 heteroatoms. The first-order valence-electron chi connectivity index (χ1n) is 25.8. The molecule has 6 atom stereocenters. The second-order valence-corrected chi connectivity index (χ2v) is 18.0. The summed E-state index contributed by atoms with van der Waals surface area (Å²) in [5.41, 5.74) is 0. The number of aliphatic hydroxyl groups is 4. The van der Waals surface area contributed by atoms with Gasteiger partial charge in [0.1, 0.15) is 30.5 Å². The predicted molar refractivity (Wildman–Crippen MR) is 247 cm³/mol. The molecule has 0 aromatic carbocycles. The summed E-state index contributed by atoms with van der Waals surface area (Å²) >= 11 is 0. The van der Waals surface area contributed by atoms with E-state index in [0.29, 0.717) is 13.0 Å². The third kappa shape index (κ3) is 33.5. The molecule has 0 aromatic rings. The van der Waals surface area contributed by atoms with Crippen molar-refractivity contribution in [2.75, 3.05) is 26.4 Å². The minimum atomic E-state index is -1.53. The molecular weight excluding hydrogens is 757 g/mol. The Morgan fingerprint density at radius 1 is 0.517 bits per heavy atom. The fourth-order valence-corrected chi connectivity index (χ4v) is 8.14. The van der Waals surface area contributed by atoms with E-state index in [0.717, 1.165) is 44.9 Å². The molecule has 1 rings (SSSR count). The molecule has 4 N–H and O–H groups in total. The molecule has 0 bridgehead atoms. The van der Waals surface area contributed by atoms with Crippen molar-refractivity contribution < 1.29 is 44.2 Å². The summed E-state index contributed by atoms with van der Waals surface area (Å²) in [5.74, 6) is -0.318. The fourth-order valence-electron chi connectivity index (χ4n) is 8.14. The third-order valence-electron chi connectivity index (χ3n) is 12.2. The lowest BCUT2D eigenvalue weighted by atomic mass is 9.99. The van der Waals surface area contributed by atoms with Gasteiger partial charge in [-0.3, -0.25) is 4.79 Å². The van der Waals surface area contributed by atoms with Crippen molar-refractivity contribution in [2.24, 2.45) is 0 Å². The number of hydrogen-bond donors (Lipinski definition) is 4.